The lowest BCUT2D eigenvalue weighted by Crippen LogP contribution is -2.28. The first-order valence-corrected chi connectivity index (χ1v) is 17.4. The van der Waals surface area contributed by atoms with E-state index >= 15 is 0 Å². The van der Waals surface area contributed by atoms with Gasteiger partial charge in [-0.2, -0.15) is 0 Å². The van der Waals surface area contributed by atoms with Gasteiger partial charge in [0.05, 0.1) is 17.1 Å². The van der Waals surface area contributed by atoms with E-state index in [4.69, 9.17) is 0 Å². The summed E-state index contributed by atoms with van der Waals surface area (Å²) in [6, 6.07) is 64.1. The van der Waals surface area contributed by atoms with Gasteiger partial charge in [0.2, 0.25) is 0 Å². The summed E-state index contributed by atoms with van der Waals surface area (Å²) in [5, 5.41) is 2.54. The second kappa shape index (κ2) is 11.6. The lowest BCUT2D eigenvalue weighted by atomic mass is 9.86. The van der Waals surface area contributed by atoms with Crippen LogP contribution in [0.1, 0.15) is 17.0 Å². The number of hydrogen-bond acceptors (Lipinski definition) is 1. The molecule has 0 saturated heterocycles. The molecule has 2 nitrogen and oxygen atoms in total. The summed E-state index contributed by atoms with van der Waals surface area (Å²) in [6.07, 6.45) is 7.24. The fourth-order valence-electron chi connectivity index (χ4n) is 8.17. The van der Waals surface area contributed by atoms with E-state index < -0.39 is 0 Å². The van der Waals surface area contributed by atoms with E-state index in [1.54, 1.807) is 0 Å². The van der Waals surface area contributed by atoms with Crippen LogP contribution in [0.5, 0.6) is 0 Å². The molecule has 2 aliphatic rings. The number of allylic oxidation sites excluding steroid dienone is 2. The number of aromatic nitrogens is 1. The molecule has 10 rings (SSSR count). The van der Waals surface area contributed by atoms with Gasteiger partial charge in [-0.25, -0.2) is 0 Å². The molecule has 2 heterocycles. The number of nitrogens with zero attached hydrogens (tertiary/aromatic N) is 2. The van der Waals surface area contributed by atoms with Crippen LogP contribution in [0.2, 0.25) is 0 Å². The van der Waals surface area contributed by atoms with Gasteiger partial charge in [0.15, 0.2) is 0 Å². The molecule has 1 aliphatic carbocycles. The molecule has 2 atom stereocenters. The minimum atomic E-state index is 0.223. The molecule has 1 aliphatic heterocycles. The first kappa shape index (κ1) is 28.6. The molecule has 0 spiro atoms. The van der Waals surface area contributed by atoms with Crippen molar-refractivity contribution >= 4 is 38.8 Å². The molecule has 0 radical (unpaired) electrons. The molecule has 0 amide bonds. The molecule has 236 valence electrons. The SMILES string of the molecule is C1=CC2C(C=C1c1ccc3c(c1)c1ccccc1n3-c1cccc(-c3ccccc3)c1)c1ccccc1N2c1ccc(-c2ccccc2)cc1. The molecular weight excluding hydrogens is 605 g/mol. The number of anilines is 2. The number of rotatable bonds is 5. The van der Waals surface area contributed by atoms with Crippen molar-refractivity contribution in [1.82, 2.24) is 4.57 Å². The number of para-hydroxylation sites is 2. The first-order valence-electron chi connectivity index (χ1n) is 17.4. The van der Waals surface area contributed by atoms with Gasteiger partial charge in [-0.1, -0.05) is 146 Å². The van der Waals surface area contributed by atoms with Gasteiger partial charge in [-0.3, -0.25) is 0 Å². The Hall–Kier alpha value is -6.38. The predicted octanol–water partition coefficient (Wildman–Crippen LogP) is 12.4. The minimum Gasteiger partial charge on any atom is -0.333 e. The molecule has 2 unspecified atom stereocenters. The topological polar surface area (TPSA) is 8.17 Å². The fourth-order valence-corrected chi connectivity index (χ4v) is 8.17. The van der Waals surface area contributed by atoms with Crippen LogP contribution < -0.4 is 4.90 Å². The van der Waals surface area contributed by atoms with Crippen molar-refractivity contribution in [2.24, 2.45) is 0 Å². The minimum absolute atomic E-state index is 0.223. The Bertz CT molecular complexity index is 2590. The van der Waals surface area contributed by atoms with Crippen LogP contribution in [0, 0.1) is 0 Å². The zero-order chi connectivity index (χ0) is 33.0. The monoisotopic (exact) mass is 638 g/mol. The molecule has 0 bridgehead atoms. The summed E-state index contributed by atoms with van der Waals surface area (Å²) in [4.78, 5) is 2.51. The van der Waals surface area contributed by atoms with Gasteiger partial charge in [0.1, 0.15) is 0 Å². The van der Waals surface area contributed by atoms with Crippen LogP contribution in [-0.2, 0) is 0 Å². The Morgan fingerprint density at radius 3 is 1.88 bits per heavy atom. The smallest absolute Gasteiger partial charge is 0.0630 e. The van der Waals surface area contributed by atoms with Gasteiger partial charge in [0.25, 0.3) is 0 Å². The standard InChI is InChI=1S/C48H34N2/c1-3-12-33(13-4-1)35-22-26-39(27-23-35)49-45-20-9-7-18-41(45)43-31-37(24-28-47(43)49)38-25-29-48-44(32-38)42-19-8-10-21-46(42)50(48)40-17-11-16-36(30-40)34-14-5-2-6-15-34/h1-32,43,47H. The van der Waals surface area contributed by atoms with Crippen molar-refractivity contribution in [2.75, 3.05) is 4.90 Å². The van der Waals surface area contributed by atoms with Crippen molar-refractivity contribution in [2.45, 2.75) is 12.0 Å². The fraction of sp³-hybridized carbons (Fsp3) is 0.0417. The Morgan fingerprint density at radius 2 is 1.06 bits per heavy atom. The van der Waals surface area contributed by atoms with Crippen LogP contribution in [0.15, 0.2) is 194 Å². The van der Waals surface area contributed by atoms with E-state index in [-0.39, 0.29) is 12.0 Å². The third-order valence-corrected chi connectivity index (χ3v) is 10.5. The van der Waals surface area contributed by atoms with Crippen molar-refractivity contribution in [3.05, 3.63) is 205 Å². The van der Waals surface area contributed by atoms with E-state index in [0.717, 1.165) is 0 Å². The molecule has 50 heavy (non-hydrogen) atoms. The van der Waals surface area contributed by atoms with E-state index in [1.165, 1.54) is 77.8 Å². The Labute approximate surface area is 292 Å². The second-order valence-corrected chi connectivity index (χ2v) is 13.3. The molecule has 0 saturated carbocycles. The van der Waals surface area contributed by atoms with E-state index in [2.05, 4.69) is 204 Å². The van der Waals surface area contributed by atoms with Crippen LogP contribution >= 0.6 is 0 Å². The summed E-state index contributed by atoms with van der Waals surface area (Å²) in [5.74, 6) is 0.262. The van der Waals surface area contributed by atoms with Crippen molar-refractivity contribution in [1.29, 1.82) is 0 Å². The van der Waals surface area contributed by atoms with Gasteiger partial charge in [0, 0.05) is 33.8 Å². The zero-order valence-corrected chi connectivity index (χ0v) is 27.5. The highest BCUT2D eigenvalue weighted by atomic mass is 15.2. The summed E-state index contributed by atoms with van der Waals surface area (Å²) >= 11 is 0. The maximum absolute atomic E-state index is 2.51. The third-order valence-electron chi connectivity index (χ3n) is 10.5. The molecular formula is C48H34N2. The van der Waals surface area contributed by atoms with Crippen molar-refractivity contribution in [3.8, 4) is 27.9 Å². The van der Waals surface area contributed by atoms with Gasteiger partial charge < -0.3 is 9.47 Å². The average molecular weight is 639 g/mol. The zero-order valence-electron chi connectivity index (χ0n) is 27.5. The Morgan fingerprint density at radius 1 is 0.420 bits per heavy atom. The van der Waals surface area contributed by atoms with Crippen molar-refractivity contribution < 1.29 is 0 Å². The van der Waals surface area contributed by atoms with Crippen LogP contribution in [0.25, 0.3) is 55.3 Å². The highest BCUT2D eigenvalue weighted by molar-refractivity contribution is 6.10. The average Bonchev–Trinajstić information content (AvgIpc) is 3.71. The van der Waals surface area contributed by atoms with Gasteiger partial charge >= 0.3 is 0 Å². The number of fused-ring (bicyclic) bond motifs is 6. The molecule has 0 fully saturated rings. The molecule has 1 aromatic heterocycles. The molecule has 8 aromatic rings. The summed E-state index contributed by atoms with van der Waals surface area (Å²) in [6.45, 7) is 0. The first-order chi connectivity index (χ1) is 24.8. The Kier molecular flexibility index (Phi) is 6.67. The van der Waals surface area contributed by atoms with Crippen molar-refractivity contribution in [3.63, 3.8) is 0 Å². The highest BCUT2D eigenvalue weighted by Gasteiger charge is 2.38. The summed E-state index contributed by atoms with van der Waals surface area (Å²) < 4.78 is 2.41. The highest BCUT2D eigenvalue weighted by Crippen LogP contribution is 2.49. The molecule has 7 aromatic carbocycles. The van der Waals surface area contributed by atoms with Crippen LogP contribution in [-0.4, -0.2) is 10.6 Å². The number of benzene rings is 7. The lowest BCUT2D eigenvalue weighted by Gasteiger charge is -2.30. The maximum Gasteiger partial charge on any atom is 0.0630 e. The number of hydrogen-bond donors (Lipinski definition) is 0. The Balaban J connectivity index is 1.03. The van der Waals surface area contributed by atoms with E-state index in [9.17, 15) is 0 Å². The van der Waals surface area contributed by atoms with Crippen LogP contribution in [0.4, 0.5) is 11.4 Å². The third kappa shape index (κ3) is 4.64. The largest absolute Gasteiger partial charge is 0.333 e. The summed E-state index contributed by atoms with van der Waals surface area (Å²) in [7, 11) is 0. The van der Waals surface area contributed by atoms with E-state index in [1.807, 2.05) is 0 Å². The predicted molar refractivity (Wildman–Crippen MR) is 210 cm³/mol. The second-order valence-electron chi connectivity index (χ2n) is 13.3. The van der Waals surface area contributed by atoms with E-state index in [0.29, 0.717) is 0 Å². The quantitative estimate of drug-likeness (QED) is 0.182. The maximum atomic E-state index is 2.51. The summed E-state index contributed by atoms with van der Waals surface area (Å²) in [5.41, 5.74) is 14.9. The van der Waals surface area contributed by atoms with Crippen LogP contribution in [0.3, 0.4) is 0 Å². The molecule has 0 N–H and O–H groups in total. The molecule has 2 heteroatoms. The van der Waals surface area contributed by atoms with Gasteiger partial charge in [-0.15, -0.1) is 0 Å². The normalized spacial score (nSPS) is 16.4. The van der Waals surface area contributed by atoms with Gasteiger partial charge in [-0.05, 0) is 87.5 Å². The lowest BCUT2D eigenvalue weighted by molar-refractivity contribution is 0.747.